The van der Waals surface area contributed by atoms with Gasteiger partial charge in [0, 0.05) is 11.6 Å². The van der Waals surface area contributed by atoms with Gasteiger partial charge < -0.3 is 0 Å². The van der Waals surface area contributed by atoms with Crippen molar-refractivity contribution in [3.8, 4) is 0 Å². The maximum absolute atomic E-state index is 11.0. The second-order valence-corrected chi connectivity index (χ2v) is 4.00. The number of rotatable bonds is 4. The Morgan fingerprint density at radius 2 is 1.93 bits per heavy atom. The molecule has 82 valence electrons. The summed E-state index contributed by atoms with van der Waals surface area (Å²) in [5.41, 5.74) is 1.50. The third kappa shape index (κ3) is 3.54. The number of benzene rings is 1. The quantitative estimate of drug-likeness (QED) is 0.607. The van der Waals surface area contributed by atoms with Gasteiger partial charge in [0.1, 0.15) is 0 Å². The smallest absolute Gasteiger partial charge is 0.232 e. The normalized spacial score (nSPS) is 14.6. The van der Waals surface area contributed by atoms with Crippen molar-refractivity contribution in [3.63, 3.8) is 0 Å². The van der Waals surface area contributed by atoms with Gasteiger partial charge in [0.05, 0.1) is 0 Å². The van der Waals surface area contributed by atoms with Gasteiger partial charge in [0.25, 0.3) is 0 Å². The average molecular weight is 227 g/mol. The minimum atomic E-state index is -2.03. The molecule has 0 saturated heterocycles. The molecule has 15 heavy (non-hydrogen) atoms. The summed E-state index contributed by atoms with van der Waals surface area (Å²) in [6.07, 6.45) is 0. The largest absolute Gasteiger partial charge is 0.295 e. The summed E-state index contributed by atoms with van der Waals surface area (Å²) in [6, 6.07) is 6.71. The van der Waals surface area contributed by atoms with Crippen LogP contribution in [0.25, 0.3) is 0 Å². The summed E-state index contributed by atoms with van der Waals surface area (Å²) in [5, 5.41) is 0. The molecule has 0 saturated carbocycles. The van der Waals surface area contributed by atoms with Gasteiger partial charge in [0.2, 0.25) is 11.3 Å². The van der Waals surface area contributed by atoms with Crippen LogP contribution in [0.5, 0.6) is 0 Å². The Kier molecular flexibility index (Phi) is 4.14. The zero-order valence-corrected chi connectivity index (χ0v) is 9.38. The minimum Gasteiger partial charge on any atom is -0.295 e. The molecule has 2 N–H and O–H groups in total. The lowest BCUT2D eigenvalue weighted by Gasteiger charge is -2.10. The molecule has 4 nitrogen and oxygen atoms in total. The Balaban J connectivity index is 2.79. The fourth-order valence-corrected chi connectivity index (χ4v) is 1.66. The highest BCUT2D eigenvalue weighted by Gasteiger charge is 2.07. The Hall–Kier alpha value is -1.04. The Bertz CT molecular complexity index is 375. The molecule has 0 amide bonds. The van der Waals surface area contributed by atoms with E-state index in [1.54, 1.807) is 31.2 Å². The van der Waals surface area contributed by atoms with Gasteiger partial charge >= 0.3 is 0 Å². The number of carbonyl (C=O) groups is 1. The van der Waals surface area contributed by atoms with E-state index in [1.165, 1.54) is 6.92 Å². The number of nitrogens with one attached hydrogen (secondary N) is 1. The fourth-order valence-electron chi connectivity index (χ4n) is 1.23. The van der Waals surface area contributed by atoms with Crippen molar-refractivity contribution >= 4 is 17.0 Å². The maximum Gasteiger partial charge on any atom is 0.232 e. The summed E-state index contributed by atoms with van der Waals surface area (Å²) < 4.78 is 21.6. The van der Waals surface area contributed by atoms with Crippen LogP contribution in [0.4, 0.5) is 0 Å². The first-order chi connectivity index (χ1) is 7.00. The molecule has 0 radical (unpaired) electrons. The molecule has 0 aromatic heterocycles. The van der Waals surface area contributed by atoms with Gasteiger partial charge in [-0.1, -0.05) is 24.3 Å². The second-order valence-electron chi connectivity index (χ2n) is 3.27. The van der Waals surface area contributed by atoms with Crippen LogP contribution in [0.15, 0.2) is 24.3 Å². The molecule has 1 aromatic carbocycles. The zero-order chi connectivity index (χ0) is 11.4. The van der Waals surface area contributed by atoms with E-state index < -0.39 is 11.3 Å². The molecule has 0 spiro atoms. The molecule has 0 aliphatic heterocycles. The first-order valence-electron chi connectivity index (χ1n) is 4.48. The van der Waals surface area contributed by atoms with Crippen molar-refractivity contribution < 1.29 is 13.6 Å². The van der Waals surface area contributed by atoms with E-state index in [1.807, 2.05) is 0 Å². The highest BCUT2D eigenvalue weighted by molar-refractivity contribution is 7.77. The van der Waals surface area contributed by atoms with Crippen LogP contribution < -0.4 is 4.72 Å². The SMILES string of the molecule is CC(=O)c1ccc([C@@H](C)NS(=O)O)cc1. The Morgan fingerprint density at radius 1 is 1.40 bits per heavy atom. The summed E-state index contributed by atoms with van der Waals surface area (Å²) in [5.74, 6) is 0.00731. The molecule has 5 heteroatoms. The van der Waals surface area contributed by atoms with E-state index in [0.717, 1.165) is 5.56 Å². The van der Waals surface area contributed by atoms with Crippen molar-refractivity contribution in [1.29, 1.82) is 0 Å². The topological polar surface area (TPSA) is 66.4 Å². The molecule has 1 unspecified atom stereocenters. The van der Waals surface area contributed by atoms with Crippen molar-refractivity contribution in [2.45, 2.75) is 19.9 Å². The molecule has 1 rings (SSSR count). The highest BCUT2D eigenvalue weighted by Crippen LogP contribution is 2.13. The van der Waals surface area contributed by atoms with E-state index in [-0.39, 0.29) is 11.8 Å². The van der Waals surface area contributed by atoms with E-state index >= 15 is 0 Å². The summed E-state index contributed by atoms with van der Waals surface area (Å²) >= 11 is -2.03. The summed E-state index contributed by atoms with van der Waals surface area (Å²) in [6.45, 7) is 3.27. The number of ketones is 1. The number of hydrogen-bond acceptors (Lipinski definition) is 2. The molecule has 2 atom stereocenters. The molecule has 0 aliphatic rings. The molecule has 0 fully saturated rings. The lowest BCUT2D eigenvalue weighted by Crippen LogP contribution is -2.20. The lowest BCUT2D eigenvalue weighted by atomic mass is 10.1. The van der Waals surface area contributed by atoms with Gasteiger partial charge in [0.15, 0.2) is 5.78 Å². The Morgan fingerprint density at radius 3 is 2.33 bits per heavy atom. The van der Waals surface area contributed by atoms with Gasteiger partial charge in [-0.15, -0.1) is 0 Å². The summed E-state index contributed by atoms with van der Waals surface area (Å²) in [4.78, 5) is 11.0. The molecule has 0 bridgehead atoms. The van der Waals surface area contributed by atoms with Crippen LogP contribution in [-0.2, 0) is 11.3 Å². The highest BCUT2D eigenvalue weighted by atomic mass is 32.2. The first kappa shape index (κ1) is 12.0. The number of hydrogen-bond donors (Lipinski definition) is 2. The van der Waals surface area contributed by atoms with Crippen LogP contribution in [0.2, 0.25) is 0 Å². The zero-order valence-electron chi connectivity index (χ0n) is 8.56. The molecular weight excluding hydrogens is 214 g/mol. The minimum absolute atomic E-state index is 0.00731. The van der Waals surface area contributed by atoms with E-state index in [9.17, 15) is 9.00 Å². The molecule has 0 heterocycles. The predicted octanol–water partition coefficient (Wildman–Crippen LogP) is 1.68. The van der Waals surface area contributed by atoms with Crippen LogP contribution in [0, 0.1) is 0 Å². The Labute approximate surface area is 91.1 Å². The van der Waals surface area contributed by atoms with Crippen LogP contribution in [-0.4, -0.2) is 14.5 Å². The average Bonchev–Trinajstić information content (AvgIpc) is 2.17. The monoisotopic (exact) mass is 227 g/mol. The standard InChI is InChI=1S/C10H13NO3S/c1-7(11-15(13)14)9-3-5-10(6-4-9)8(2)12/h3-7,11H,1-2H3,(H,13,14)/t7-/m1/s1. The van der Waals surface area contributed by atoms with Crippen molar-refractivity contribution in [1.82, 2.24) is 4.72 Å². The lowest BCUT2D eigenvalue weighted by molar-refractivity contribution is 0.101. The van der Waals surface area contributed by atoms with Gasteiger partial charge in [-0.25, -0.2) is 8.93 Å². The van der Waals surface area contributed by atoms with Crippen LogP contribution >= 0.6 is 0 Å². The van der Waals surface area contributed by atoms with Gasteiger partial charge in [-0.3, -0.25) is 9.35 Å². The number of Topliss-reactive ketones (excluding diaryl/α,β-unsaturated/α-hetero) is 1. The fraction of sp³-hybridized carbons (Fsp3) is 0.300. The van der Waals surface area contributed by atoms with Crippen LogP contribution in [0.1, 0.15) is 35.8 Å². The van der Waals surface area contributed by atoms with Gasteiger partial charge in [-0.2, -0.15) is 0 Å². The molecule has 1 aromatic rings. The summed E-state index contributed by atoms with van der Waals surface area (Å²) in [7, 11) is 0. The van der Waals surface area contributed by atoms with E-state index in [0.29, 0.717) is 5.56 Å². The van der Waals surface area contributed by atoms with E-state index in [2.05, 4.69) is 4.72 Å². The maximum atomic E-state index is 11.0. The van der Waals surface area contributed by atoms with Gasteiger partial charge in [-0.05, 0) is 19.4 Å². The van der Waals surface area contributed by atoms with Crippen LogP contribution in [0.3, 0.4) is 0 Å². The molecule has 0 aliphatic carbocycles. The third-order valence-corrected chi connectivity index (χ3v) is 2.65. The third-order valence-electron chi connectivity index (χ3n) is 2.09. The number of carbonyl (C=O) groups excluding carboxylic acids is 1. The van der Waals surface area contributed by atoms with Crippen molar-refractivity contribution in [2.24, 2.45) is 0 Å². The predicted molar refractivity (Wildman–Crippen MR) is 58.8 cm³/mol. The van der Waals surface area contributed by atoms with Crippen molar-refractivity contribution in [2.75, 3.05) is 0 Å². The molecular formula is C10H13NO3S. The van der Waals surface area contributed by atoms with Crippen molar-refractivity contribution in [3.05, 3.63) is 35.4 Å². The second kappa shape index (κ2) is 5.16. The first-order valence-corrected chi connectivity index (χ1v) is 5.59. The van der Waals surface area contributed by atoms with E-state index in [4.69, 9.17) is 4.55 Å².